The van der Waals surface area contributed by atoms with E-state index >= 15 is 0 Å². The van der Waals surface area contributed by atoms with Crippen LogP contribution in [0.3, 0.4) is 0 Å². The summed E-state index contributed by atoms with van der Waals surface area (Å²) in [7, 11) is 0. The number of ether oxygens (including phenoxy) is 2. The SMILES string of the molecule is CCOC(=O)C(CCSC)NC(=O)Oc1ccccc1. The lowest BCUT2D eigenvalue weighted by Crippen LogP contribution is -2.43. The van der Waals surface area contributed by atoms with Crippen molar-refractivity contribution in [3.63, 3.8) is 0 Å². The summed E-state index contributed by atoms with van der Waals surface area (Å²) in [6.45, 7) is 2.01. The number of para-hydroxylation sites is 1. The maximum atomic E-state index is 11.7. The van der Waals surface area contributed by atoms with Crippen LogP contribution < -0.4 is 10.1 Å². The third kappa shape index (κ3) is 5.97. The van der Waals surface area contributed by atoms with E-state index in [-0.39, 0.29) is 6.61 Å². The van der Waals surface area contributed by atoms with Crippen molar-refractivity contribution in [2.75, 3.05) is 18.6 Å². The van der Waals surface area contributed by atoms with Crippen molar-refractivity contribution in [2.45, 2.75) is 19.4 Å². The Hall–Kier alpha value is -1.69. The van der Waals surface area contributed by atoms with Crippen LogP contribution >= 0.6 is 11.8 Å². The molecule has 20 heavy (non-hydrogen) atoms. The zero-order valence-corrected chi connectivity index (χ0v) is 12.4. The number of carbonyl (C=O) groups is 2. The van der Waals surface area contributed by atoms with Crippen LogP contribution in [-0.4, -0.2) is 36.7 Å². The monoisotopic (exact) mass is 297 g/mol. The van der Waals surface area contributed by atoms with E-state index in [0.29, 0.717) is 12.2 Å². The van der Waals surface area contributed by atoms with Crippen LogP contribution in [0.25, 0.3) is 0 Å². The van der Waals surface area contributed by atoms with Gasteiger partial charge in [-0.1, -0.05) is 18.2 Å². The van der Waals surface area contributed by atoms with Crippen molar-refractivity contribution in [3.05, 3.63) is 30.3 Å². The summed E-state index contributed by atoms with van der Waals surface area (Å²) in [5.41, 5.74) is 0. The third-order valence-electron chi connectivity index (χ3n) is 2.43. The minimum Gasteiger partial charge on any atom is -0.464 e. The van der Waals surface area contributed by atoms with Gasteiger partial charge in [-0.3, -0.25) is 0 Å². The van der Waals surface area contributed by atoms with Crippen molar-refractivity contribution >= 4 is 23.8 Å². The molecule has 1 rings (SSSR count). The summed E-state index contributed by atoms with van der Waals surface area (Å²) in [6.07, 6.45) is 1.78. The molecule has 0 aromatic heterocycles. The van der Waals surface area contributed by atoms with Crippen molar-refractivity contribution in [2.24, 2.45) is 0 Å². The number of esters is 1. The summed E-state index contributed by atoms with van der Waals surface area (Å²) >= 11 is 1.60. The second kappa shape index (κ2) is 9.25. The first-order valence-corrected chi connectivity index (χ1v) is 7.75. The van der Waals surface area contributed by atoms with E-state index in [1.54, 1.807) is 43.0 Å². The van der Waals surface area contributed by atoms with E-state index in [2.05, 4.69) is 5.32 Å². The van der Waals surface area contributed by atoms with Gasteiger partial charge in [-0.2, -0.15) is 11.8 Å². The van der Waals surface area contributed by atoms with E-state index in [9.17, 15) is 9.59 Å². The molecule has 0 aliphatic carbocycles. The number of nitrogens with one attached hydrogen (secondary N) is 1. The molecular formula is C14H19NO4S. The largest absolute Gasteiger partial charge is 0.464 e. The average Bonchev–Trinajstić information content (AvgIpc) is 2.44. The smallest absolute Gasteiger partial charge is 0.413 e. The van der Waals surface area contributed by atoms with Gasteiger partial charge >= 0.3 is 12.1 Å². The molecule has 1 N–H and O–H groups in total. The van der Waals surface area contributed by atoms with Crippen LogP contribution in [0.5, 0.6) is 5.75 Å². The molecule has 1 aromatic rings. The molecular weight excluding hydrogens is 278 g/mol. The van der Waals surface area contributed by atoms with Gasteiger partial charge in [0.2, 0.25) is 0 Å². The van der Waals surface area contributed by atoms with Gasteiger partial charge < -0.3 is 14.8 Å². The maximum absolute atomic E-state index is 11.7. The van der Waals surface area contributed by atoms with Crippen molar-refractivity contribution in [1.82, 2.24) is 5.32 Å². The van der Waals surface area contributed by atoms with Gasteiger partial charge in [0.1, 0.15) is 11.8 Å². The van der Waals surface area contributed by atoms with Crippen LogP contribution in [0.2, 0.25) is 0 Å². The Morgan fingerprint density at radius 1 is 1.30 bits per heavy atom. The van der Waals surface area contributed by atoms with Crippen molar-refractivity contribution < 1.29 is 19.1 Å². The normalized spacial score (nSPS) is 11.5. The van der Waals surface area contributed by atoms with Gasteiger partial charge in [-0.25, -0.2) is 9.59 Å². The number of benzene rings is 1. The van der Waals surface area contributed by atoms with E-state index in [1.165, 1.54) is 0 Å². The van der Waals surface area contributed by atoms with Crippen LogP contribution in [0, 0.1) is 0 Å². The summed E-state index contributed by atoms with van der Waals surface area (Å²) < 4.78 is 10.0. The minimum atomic E-state index is -0.682. The predicted molar refractivity (Wildman–Crippen MR) is 79.0 cm³/mol. The molecule has 0 radical (unpaired) electrons. The fraction of sp³-hybridized carbons (Fsp3) is 0.429. The second-order valence-corrected chi connectivity index (χ2v) is 4.92. The molecule has 1 aromatic carbocycles. The molecule has 0 fully saturated rings. The third-order valence-corrected chi connectivity index (χ3v) is 3.07. The Kier molecular flexibility index (Phi) is 7.57. The zero-order chi connectivity index (χ0) is 14.8. The lowest BCUT2D eigenvalue weighted by atomic mass is 10.2. The Bertz CT molecular complexity index is 424. The van der Waals surface area contributed by atoms with Gasteiger partial charge in [-0.15, -0.1) is 0 Å². The quantitative estimate of drug-likeness (QED) is 0.783. The fourth-order valence-corrected chi connectivity index (χ4v) is 1.97. The minimum absolute atomic E-state index is 0.282. The molecule has 1 atom stereocenters. The molecule has 0 bridgehead atoms. The molecule has 110 valence electrons. The molecule has 0 heterocycles. The highest BCUT2D eigenvalue weighted by Gasteiger charge is 2.22. The standard InChI is InChI=1S/C14H19NO4S/c1-3-18-13(16)12(9-10-20-2)15-14(17)19-11-7-5-4-6-8-11/h4-8,12H,3,9-10H2,1-2H3,(H,15,17). The van der Waals surface area contributed by atoms with E-state index in [4.69, 9.17) is 9.47 Å². The fourth-order valence-electron chi connectivity index (χ4n) is 1.49. The zero-order valence-electron chi connectivity index (χ0n) is 11.6. The predicted octanol–water partition coefficient (Wildman–Crippen LogP) is 2.46. The number of hydrogen-bond donors (Lipinski definition) is 1. The summed E-state index contributed by atoms with van der Waals surface area (Å²) in [6, 6.07) is 8.00. The molecule has 1 unspecified atom stereocenters. The number of rotatable bonds is 7. The van der Waals surface area contributed by atoms with E-state index < -0.39 is 18.1 Å². The molecule has 0 saturated heterocycles. The highest BCUT2D eigenvalue weighted by molar-refractivity contribution is 7.98. The van der Waals surface area contributed by atoms with E-state index in [0.717, 1.165) is 5.75 Å². The first-order chi connectivity index (χ1) is 9.67. The Morgan fingerprint density at radius 2 is 2.00 bits per heavy atom. The van der Waals surface area contributed by atoms with Crippen LogP contribution in [0.4, 0.5) is 4.79 Å². The first-order valence-electron chi connectivity index (χ1n) is 6.36. The Morgan fingerprint density at radius 3 is 2.60 bits per heavy atom. The average molecular weight is 297 g/mol. The molecule has 0 aliphatic rings. The number of hydrogen-bond acceptors (Lipinski definition) is 5. The summed E-state index contributed by atoms with van der Waals surface area (Å²) in [5.74, 6) is 0.735. The maximum Gasteiger partial charge on any atom is 0.413 e. The highest BCUT2D eigenvalue weighted by atomic mass is 32.2. The molecule has 0 spiro atoms. The molecule has 6 heteroatoms. The number of thioether (sulfide) groups is 1. The van der Waals surface area contributed by atoms with Crippen LogP contribution in [-0.2, 0) is 9.53 Å². The highest BCUT2D eigenvalue weighted by Crippen LogP contribution is 2.09. The molecule has 1 amide bonds. The summed E-state index contributed by atoms with van der Waals surface area (Å²) in [5, 5.41) is 2.54. The van der Waals surface area contributed by atoms with Crippen LogP contribution in [0.1, 0.15) is 13.3 Å². The Labute approximate surface area is 123 Å². The summed E-state index contributed by atoms with van der Waals surface area (Å²) in [4.78, 5) is 23.5. The van der Waals surface area contributed by atoms with Crippen molar-refractivity contribution in [3.8, 4) is 5.75 Å². The lowest BCUT2D eigenvalue weighted by molar-refractivity contribution is -0.145. The molecule has 0 saturated carbocycles. The first kappa shape index (κ1) is 16.4. The van der Waals surface area contributed by atoms with Gasteiger partial charge in [0, 0.05) is 0 Å². The van der Waals surface area contributed by atoms with Gasteiger partial charge in [0.25, 0.3) is 0 Å². The topological polar surface area (TPSA) is 64.6 Å². The molecule has 5 nitrogen and oxygen atoms in total. The van der Waals surface area contributed by atoms with Crippen molar-refractivity contribution in [1.29, 1.82) is 0 Å². The van der Waals surface area contributed by atoms with E-state index in [1.807, 2.05) is 12.3 Å². The number of carbonyl (C=O) groups excluding carboxylic acids is 2. The van der Waals surface area contributed by atoms with Crippen LogP contribution in [0.15, 0.2) is 30.3 Å². The van der Waals surface area contributed by atoms with Gasteiger partial charge in [0.15, 0.2) is 0 Å². The lowest BCUT2D eigenvalue weighted by Gasteiger charge is -2.16. The van der Waals surface area contributed by atoms with Gasteiger partial charge in [-0.05, 0) is 37.5 Å². The number of amides is 1. The van der Waals surface area contributed by atoms with Gasteiger partial charge in [0.05, 0.1) is 6.61 Å². The Balaban J connectivity index is 2.54. The molecule has 0 aliphatic heterocycles. The second-order valence-electron chi connectivity index (χ2n) is 3.93.